The van der Waals surface area contributed by atoms with Crippen LogP contribution in [0, 0.1) is 0 Å². The van der Waals surface area contributed by atoms with Crippen molar-refractivity contribution in [2.45, 2.75) is 13.8 Å². The van der Waals surface area contributed by atoms with Gasteiger partial charge in [-0.1, -0.05) is 0 Å². The first-order chi connectivity index (χ1) is 5.24. The number of amidine groups is 1. The molecule has 0 aliphatic carbocycles. The summed E-state index contributed by atoms with van der Waals surface area (Å²) in [6.07, 6.45) is 3.36. The van der Waals surface area contributed by atoms with Gasteiger partial charge >= 0.3 is 12.0 Å². The minimum Gasteiger partial charge on any atom is -0.355 e. The van der Waals surface area contributed by atoms with Crippen LogP contribution in [0.4, 0.5) is 0 Å². The summed E-state index contributed by atoms with van der Waals surface area (Å²) in [6, 6.07) is 0.361. The molecular weight excluding hydrogens is 144 g/mol. The number of carbonyl (C=O) groups excluding carboxylic acids is 1. The number of ether oxygens (including phenoxy) is 1. The molecule has 1 aliphatic heterocycles. The molecule has 1 heterocycles. The van der Waals surface area contributed by atoms with E-state index in [1.807, 2.05) is 6.92 Å². The Morgan fingerprint density at radius 1 is 1.82 bits per heavy atom. The third kappa shape index (κ3) is 1.80. The van der Waals surface area contributed by atoms with Gasteiger partial charge in [0.2, 0.25) is 0 Å². The molecule has 0 spiro atoms. The summed E-state index contributed by atoms with van der Waals surface area (Å²) in [5.74, 6) is -0.342. The number of aliphatic imine (C=N–C) groups is 1. The molecule has 0 bridgehead atoms. The second kappa shape index (κ2) is 3.18. The smallest absolute Gasteiger partial charge is 0.355 e. The van der Waals surface area contributed by atoms with E-state index in [0.717, 1.165) is 6.54 Å². The Balaban J connectivity index is 2.53. The molecule has 11 heavy (non-hydrogen) atoms. The Hall–Kier alpha value is -1.32. The van der Waals surface area contributed by atoms with E-state index in [2.05, 4.69) is 4.99 Å². The molecule has 1 radical (unpaired) electrons. The van der Waals surface area contributed by atoms with Gasteiger partial charge in [-0.05, 0) is 11.9 Å². The van der Waals surface area contributed by atoms with Crippen LogP contribution in [0.5, 0.6) is 0 Å². The van der Waals surface area contributed by atoms with E-state index < -0.39 is 0 Å². The zero-order valence-corrected chi connectivity index (χ0v) is 6.57. The number of rotatable bonds is 1. The Labute approximate surface area is 65.2 Å². The lowest BCUT2D eigenvalue weighted by molar-refractivity contribution is -0.133. The maximum Gasteiger partial charge on any atom is 0.506 e. The average molecular weight is 154 g/mol. The zero-order chi connectivity index (χ0) is 8.27. The van der Waals surface area contributed by atoms with Gasteiger partial charge < -0.3 is 4.74 Å². The number of carbonyl (C=O) groups is 1. The van der Waals surface area contributed by atoms with Gasteiger partial charge in [0.05, 0.1) is 6.54 Å². The van der Waals surface area contributed by atoms with Crippen LogP contribution < -0.4 is 4.99 Å². The van der Waals surface area contributed by atoms with Crippen LogP contribution in [0.1, 0.15) is 13.8 Å². The first-order valence-electron chi connectivity index (χ1n) is 3.43. The van der Waals surface area contributed by atoms with Crippen LogP contribution >= 0.6 is 0 Å². The van der Waals surface area contributed by atoms with Crippen LogP contribution in [-0.4, -0.2) is 23.4 Å². The van der Waals surface area contributed by atoms with Crippen LogP contribution in [0.15, 0.2) is 12.4 Å². The molecule has 1 rings (SSSR count). The van der Waals surface area contributed by atoms with Gasteiger partial charge in [0.15, 0.2) is 6.20 Å². The van der Waals surface area contributed by atoms with Crippen LogP contribution in [0.25, 0.3) is 0 Å². The highest BCUT2D eigenvalue weighted by atomic mass is 16.6. The molecule has 4 nitrogen and oxygen atoms in total. The molecule has 0 fully saturated rings. The maximum absolute atomic E-state index is 10.5. The standard InChI is InChI=1S/C7H10N2O2/c1-3-9-5-4-8-7(9)11-6(2)10/h4-5H,3H2,1-2H3/q+1. The van der Waals surface area contributed by atoms with E-state index in [1.54, 1.807) is 17.3 Å². The Morgan fingerprint density at radius 2 is 2.55 bits per heavy atom. The SMILES string of the molecule is CCN1C=C[N+]=C1OC(C)=O. The van der Waals surface area contributed by atoms with Crippen molar-refractivity contribution in [3.8, 4) is 0 Å². The van der Waals surface area contributed by atoms with Crippen molar-refractivity contribution in [2.24, 2.45) is 0 Å². The van der Waals surface area contributed by atoms with Crippen molar-refractivity contribution in [1.29, 1.82) is 0 Å². The van der Waals surface area contributed by atoms with E-state index in [-0.39, 0.29) is 5.97 Å². The topological polar surface area (TPSA) is 43.6 Å². The summed E-state index contributed by atoms with van der Waals surface area (Å²) in [7, 11) is 0. The van der Waals surface area contributed by atoms with Crippen LogP contribution in [-0.2, 0) is 9.53 Å². The van der Waals surface area contributed by atoms with E-state index in [1.165, 1.54) is 6.92 Å². The molecule has 0 aromatic carbocycles. The quantitative estimate of drug-likeness (QED) is 0.501. The lowest BCUT2D eigenvalue weighted by atomic mass is 10.6. The Kier molecular flexibility index (Phi) is 2.25. The lowest BCUT2D eigenvalue weighted by Crippen LogP contribution is -2.28. The molecule has 59 valence electrons. The number of hydrogen-bond donors (Lipinski definition) is 0. The predicted octanol–water partition coefficient (Wildman–Crippen LogP) is 0.0480. The molecule has 0 unspecified atom stereocenters. The van der Waals surface area contributed by atoms with Gasteiger partial charge in [-0.25, -0.2) is 0 Å². The fourth-order valence-corrected chi connectivity index (χ4v) is 0.770. The van der Waals surface area contributed by atoms with Crippen molar-refractivity contribution >= 4 is 12.0 Å². The summed E-state index contributed by atoms with van der Waals surface area (Å²) >= 11 is 0. The Morgan fingerprint density at radius 3 is 3.09 bits per heavy atom. The second-order valence-electron chi connectivity index (χ2n) is 2.09. The molecule has 0 amide bonds. The van der Waals surface area contributed by atoms with Crippen molar-refractivity contribution in [2.75, 3.05) is 6.54 Å². The molecule has 0 aromatic rings. The number of esters is 1. The molecule has 0 saturated carbocycles. The Bertz CT molecular complexity index is 220. The molecule has 4 heteroatoms. The molecule has 1 aliphatic rings. The highest BCUT2D eigenvalue weighted by Gasteiger charge is 2.25. The molecule has 0 aromatic heterocycles. The normalized spacial score (nSPS) is 15.1. The van der Waals surface area contributed by atoms with Crippen LogP contribution in [0.3, 0.4) is 0 Å². The predicted molar refractivity (Wildman–Crippen MR) is 40.4 cm³/mol. The minimum atomic E-state index is -0.342. The number of nitrogens with zero attached hydrogens (tertiary/aromatic N) is 2. The fourth-order valence-electron chi connectivity index (χ4n) is 0.770. The van der Waals surface area contributed by atoms with Crippen molar-refractivity contribution < 1.29 is 9.53 Å². The highest BCUT2D eigenvalue weighted by Crippen LogP contribution is 1.97. The maximum atomic E-state index is 10.5. The van der Waals surface area contributed by atoms with Gasteiger partial charge in [-0.2, -0.15) is 4.90 Å². The van der Waals surface area contributed by atoms with Gasteiger partial charge in [0.1, 0.15) is 6.20 Å². The van der Waals surface area contributed by atoms with E-state index >= 15 is 0 Å². The summed E-state index contributed by atoms with van der Waals surface area (Å²) in [4.78, 5) is 16.1. The third-order valence-corrected chi connectivity index (χ3v) is 1.25. The van der Waals surface area contributed by atoms with Gasteiger partial charge in [-0.15, -0.1) is 0 Å². The molecule has 0 atom stereocenters. The average Bonchev–Trinajstić information content (AvgIpc) is 2.34. The molecule has 0 N–H and O–H groups in total. The number of hydrogen-bond acceptors (Lipinski definition) is 4. The zero-order valence-electron chi connectivity index (χ0n) is 6.57. The summed E-state index contributed by atoms with van der Waals surface area (Å²) in [5.41, 5.74) is 0. The third-order valence-electron chi connectivity index (χ3n) is 1.25. The van der Waals surface area contributed by atoms with Crippen molar-refractivity contribution in [3.63, 3.8) is 0 Å². The fraction of sp³-hybridized carbons (Fsp3) is 0.429. The highest BCUT2D eigenvalue weighted by molar-refractivity contribution is 5.87. The van der Waals surface area contributed by atoms with Crippen LogP contribution in [0.2, 0.25) is 0 Å². The molecule has 0 saturated heterocycles. The van der Waals surface area contributed by atoms with Crippen molar-refractivity contribution in [1.82, 2.24) is 9.89 Å². The van der Waals surface area contributed by atoms with E-state index in [4.69, 9.17) is 4.74 Å². The molecular formula is C7H10N2O2+. The van der Waals surface area contributed by atoms with Gasteiger partial charge in [0.25, 0.3) is 0 Å². The monoisotopic (exact) mass is 154 g/mol. The van der Waals surface area contributed by atoms with Crippen molar-refractivity contribution in [3.05, 3.63) is 12.4 Å². The largest absolute Gasteiger partial charge is 0.506 e. The second-order valence-corrected chi connectivity index (χ2v) is 2.09. The van der Waals surface area contributed by atoms with E-state index in [0.29, 0.717) is 6.02 Å². The van der Waals surface area contributed by atoms with Gasteiger partial charge in [0, 0.05) is 6.92 Å². The minimum absolute atomic E-state index is 0.342. The summed E-state index contributed by atoms with van der Waals surface area (Å²) in [6.45, 7) is 4.06. The summed E-state index contributed by atoms with van der Waals surface area (Å²) < 4.78 is 4.79. The van der Waals surface area contributed by atoms with Gasteiger partial charge in [-0.3, -0.25) is 4.79 Å². The van der Waals surface area contributed by atoms with E-state index in [9.17, 15) is 4.79 Å². The first-order valence-corrected chi connectivity index (χ1v) is 3.43. The first kappa shape index (κ1) is 7.78. The lowest BCUT2D eigenvalue weighted by Gasteiger charge is -2.03. The summed E-state index contributed by atoms with van der Waals surface area (Å²) in [5, 5.41) is 0.